The van der Waals surface area contributed by atoms with E-state index < -0.39 is 24.9 Å². The Bertz CT molecular complexity index is 339. The van der Waals surface area contributed by atoms with Crippen LogP contribution in [0.2, 0.25) is 0 Å². The lowest BCUT2D eigenvalue weighted by Gasteiger charge is -2.00. The summed E-state index contributed by atoms with van der Waals surface area (Å²) in [6, 6.07) is 3.48. The van der Waals surface area contributed by atoms with E-state index in [1.807, 2.05) is 0 Å². The summed E-state index contributed by atoms with van der Waals surface area (Å²) < 4.78 is 36.4. The molecule has 0 aliphatic heterocycles. The maximum absolute atomic E-state index is 12.1. The van der Waals surface area contributed by atoms with Crippen molar-refractivity contribution in [2.75, 3.05) is 0 Å². The average molecular weight is 207 g/mol. The van der Waals surface area contributed by atoms with Crippen LogP contribution in [0.5, 0.6) is 0 Å². The molecule has 70 valence electrons. The zero-order chi connectivity index (χ0) is 10.1. The number of nitro groups is 1. The Kier molecular flexibility index (Phi) is 2.37. The predicted molar refractivity (Wildman–Crippen MR) is 41.8 cm³/mol. The fraction of sp³-hybridized carbons (Fsp3) is 0. The Hall–Kier alpha value is -1.37. The van der Waals surface area contributed by atoms with Gasteiger partial charge in [-0.15, -0.1) is 0 Å². The first-order valence-electron chi connectivity index (χ1n) is 3.23. The monoisotopic (exact) mass is 207 g/mol. The number of nitro benzene ring substituents is 1. The van der Waals surface area contributed by atoms with E-state index in [2.05, 4.69) is 0 Å². The molecule has 0 heterocycles. The Labute approximate surface area is 72.5 Å². The van der Waals surface area contributed by atoms with Crippen LogP contribution < -0.4 is 5.19 Å². The molecule has 0 aliphatic rings. The third kappa shape index (κ3) is 2.28. The lowest BCUT2D eigenvalue weighted by atomic mass is 10.3. The third-order valence-electron chi connectivity index (χ3n) is 1.38. The van der Waals surface area contributed by atoms with Gasteiger partial charge >= 0.3 is 9.08 Å². The number of non-ortho nitro benzene ring substituents is 1. The second-order valence-corrected chi connectivity index (χ2v) is 3.88. The highest BCUT2D eigenvalue weighted by molar-refractivity contribution is 6.73. The molecule has 0 spiro atoms. The molecular weight excluding hydrogens is 203 g/mol. The Morgan fingerprint density at radius 1 is 1.31 bits per heavy atom. The van der Waals surface area contributed by atoms with Crippen LogP contribution in [0, 0.1) is 10.1 Å². The van der Waals surface area contributed by atoms with Crippen molar-refractivity contribution in [1.29, 1.82) is 0 Å². The second-order valence-electron chi connectivity index (χ2n) is 2.31. The molecule has 0 fully saturated rings. The van der Waals surface area contributed by atoms with Crippen molar-refractivity contribution in [1.82, 2.24) is 0 Å². The average Bonchev–Trinajstić information content (AvgIpc) is 2.03. The first kappa shape index (κ1) is 9.71. The number of rotatable bonds is 2. The number of hydrogen-bond acceptors (Lipinski definition) is 2. The molecule has 7 heteroatoms. The van der Waals surface area contributed by atoms with Crippen LogP contribution in [0.1, 0.15) is 0 Å². The quantitative estimate of drug-likeness (QED) is 0.320. The number of nitrogens with zero attached hydrogens (tertiary/aromatic N) is 1. The largest absolute Gasteiger partial charge is 0.653 e. The molecule has 0 bridgehead atoms. The molecule has 1 aromatic rings. The summed E-state index contributed by atoms with van der Waals surface area (Å²) in [6.07, 6.45) is 0. The predicted octanol–water partition coefficient (Wildman–Crippen LogP) is 1.65. The zero-order valence-electron chi connectivity index (χ0n) is 6.21. The molecule has 3 nitrogen and oxygen atoms in total. The maximum atomic E-state index is 12.1. The normalized spacial score (nSPS) is 11.3. The van der Waals surface area contributed by atoms with Crippen LogP contribution in [0.3, 0.4) is 0 Å². The number of benzene rings is 1. The van der Waals surface area contributed by atoms with Crippen molar-refractivity contribution in [3.63, 3.8) is 0 Å². The molecule has 0 aliphatic carbocycles. The van der Waals surface area contributed by atoms with Gasteiger partial charge in [0.25, 0.3) is 5.69 Å². The van der Waals surface area contributed by atoms with Crippen molar-refractivity contribution >= 4 is 19.9 Å². The first-order chi connectivity index (χ1) is 5.91. The maximum Gasteiger partial charge on any atom is 0.653 e. The van der Waals surface area contributed by atoms with Crippen molar-refractivity contribution in [3.8, 4) is 0 Å². The lowest BCUT2D eigenvalue weighted by molar-refractivity contribution is -0.384. The standard InChI is InChI=1S/C6H4F3NO2Si/c7-13(8,9)6-3-1-2-5(4-6)10(11)12/h1-4H. The summed E-state index contributed by atoms with van der Waals surface area (Å²) >= 11 is 0. The van der Waals surface area contributed by atoms with E-state index in [4.69, 9.17) is 0 Å². The summed E-state index contributed by atoms with van der Waals surface area (Å²) in [5.41, 5.74) is -0.526. The van der Waals surface area contributed by atoms with Gasteiger partial charge < -0.3 is 0 Å². The summed E-state index contributed by atoms with van der Waals surface area (Å²) in [5.74, 6) is 0. The van der Waals surface area contributed by atoms with Gasteiger partial charge in [-0.2, -0.15) is 0 Å². The zero-order valence-corrected chi connectivity index (χ0v) is 7.21. The van der Waals surface area contributed by atoms with E-state index in [0.717, 1.165) is 18.2 Å². The summed E-state index contributed by atoms with van der Waals surface area (Å²) in [7, 11) is -5.92. The Morgan fingerprint density at radius 2 is 1.92 bits per heavy atom. The molecule has 0 aromatic heterocycles. The van der Waals surface area contributed by atoms with Gasteiger partial charge in [0.05, 0.1) is 4.92 Å². The summed E-state index contributed by atoms with van der Waals surface area (Å²) in [4.78, 5) is 9.29. The van der Waals surface area contributed by atoms with E-state index in [0.29, 0.717) is 6.07 Å². The SMILES string of the molecule is O=[N+]([O-])c1cccc([Si](F)(F)F)c1. The lowest BCUT2D eigenvalue weighted by Crippen LogP contribution is -2.33. The summed E-state index contributed by atoms with van der Waals surface area (Å²) in [6.45, 7) is 0. The van der Waals surface area contributed by atoms with E-state index in [-0.39, 0.29) is 0 Å². The molecule has 0 atom stereocenters. The van der Waals surface area contributed by atoms with Gasteiger partial charge in [0.15, 0.2) is 0 Å². The van der Waals surface area contributed by atoms with Gasteiger partial charge in [-0.25, -0.2) is 12.3 Å². The van der Waals surface area contributed by atoms with Crippen LogP contribution >= 0.6 is 0 Å². The van der Waals surface area contributed by atoms with Gasteiger partial charge in [-0.1, -0.05) is 12.1 Å². The molecule has 0 unspecified atom stereocenters. The van der Waals surface area contributed by atoms with Gasteiger partial charge in [-0.05, 0) is 0 Å². The first-order valence-corrected chi connectivity index (χ1v) is 4.86. The molecule has 0 saturated heterocycles. The molecule has 0 radical (unpaired) electrons. The number of halogens is 3. The van der Waals surface area contributed by atoms with E-state index >= 15 is 0 Å². The molecule has 0 N–H and O–H groups in total. The van der Waals surface area contributed by atoms with Gasteiger partial charge in [0, 0.05) is 17.3 Å². The highest BCUT2D eigenvalue weighted by atomic mass is 28.5. The van der Waals surface area contributed by atoms with Crippen LogP contribution in [0.15, 0.2) is 24.3 Å². The summed E-state index contributed by atoms with van der Waals surface area (Å²) in [5, 5.41) is 9.26. The van der Waals surface area contributed by atoms with Crippen molar-refractivity contribution in [2.24, 2.45) is 0 Å². The molecular formula is C6H4F3NO2Si. The highest BCUT2D eigenvalue weighted by Gasteiger charge is 2.40. The minimum Gasteiger partial charge on any atom is -0.258 e. The minimum absolute atomic E-state index is 0.526. The molecule has 0 saturated carbocycles. The Balaban J connectivity index is 3.13. The Morgan fingerprint density at radius 3 is 2.38 bits per heavy atom. The highest BCUT2D eigenvalue weighted by Crippen LogP contribution is 2.13. The van der Waals surface area contributed by atoms with Crippen LogP contribution in [-0.2, 0) is 0 Å². The van der Waals surface area contributed by atoms with Crippen LogP contribution in [0.4, 0.5) is 18.0 Å². The van der Waals surface area contributed by atoms with Gasteiger partial charge in [0.1, 0.15) is 0 Å². The minimum atomic E-state index is -5.92. The van der Waals surface area contributed by atoms with Gasteiger partial charge in [0.2, 0.25) is 0 Å². The van der Waals surface area contributed by atoms with Gasteiger partial charge in [-0.3, -0.25) is 10.1 Å². The molecule has 1 rings (SSSR count). The topological polar surface area (TPSA) is 43.1 Å². The van der Waals surface area contributed by atoms with Crippen molar-refractivity contribution in [2.45, 2.75) is 0 Å². The smallest absolute Gasteiger partial charge is 0.258 e. The van der Waals surface area contributed by atoms with E-state index in [9.17, 15) is 22.4 Å². The second kappa shape index (κ2) is 3.17. The molecule has 0 amide bonds. The van der Waals surface area contributed by atoms with E-state index in [1.165, 1.54) is 0 Å². The van der Waals surface area contributed by atoms with Crippen LogP contribution in [0.25, 0.3) is 0 Å². The van der Waals surface area contributed by atoms with Crippen molar-refractivity contribution < 1.29 is 17.2 Å². The van der Waals surface area contributed by atoms with E-state index in [1.54, 1.807) is 0 Å². The molecule has 1 aromatic carbocycles. The molecule has 13 heavy (non-hydrogen) atoms. The fourth-order valence-electron chi connectivity index (χ4n) is 0.796. The van der Waals surface area contributed by atoms with Crippen molar-refractivity contribution in [3.05, 3.63) is 34.4 Å². The van der Waals surface area contributed by atoms with Crippen LogP contribution in [-0.4, -0.2) is 14.0 Å². The fourth-order valence-corrected chi connectivity index (χ4v) is 1.39. The third-order valence-corrected chi connectivity index (χ3v) is 2.35. The number of hydrogen-bond donors (Lipinski definition) is 0.